The highest BCUT2D eigenvalue weighted by molar-refractivity contribution is 6.01. The second kappa shape index (κ2) is 8.53. The molecule has 0 radical (unpaired) electrons. The first-order valence-electron chi connectivity index (χ1n) is 8.62. The molecule has 3 aromatic rings. The van der Waals surface area contributed by atoms with E-state index in [4.69, 9.17) is 14.0 Å². The molecule has 8 heteroatoms. The molecule has 1 atom stereocenters. The molecule has 28 heavy (non-hydrogen) atoms. The maximum Gasteiger partial charge on any atom is 0.257 e. The van der Waals surface area contributed by atoms with Crippen molar-refractivity contribution in [2.75, 3.05) is 14.2 Å². The Morgan fingerprint density at radius 3 is 2.68 bits per heavy atom. The number of carbonyl (C=O) groups is 1. The lowest BCUT2D eigenvalue weighted by Gasteiger charge is -2.10. The summed E-state index contributed by atoms with van der Waals surface area (Å²) in [7, 11) is 3.06. The molecule has 0 spiro atoms. The van der Waals surface area contributed by atoms with Gasteiger partial charge in [-0.05, 0) is 36.8 Å². The Balaban J connectivity index is 1.96. The van der Waals surface area contributed by atoms with E-state index in [1.807, 2.05) is 6.07 Å². The van der Waals surface area contributed by atoms with Crippen LogP contribution in [0.4, 0.5) is 0 Å². The van der Waals surface area contributed by atoms with Crippen LogP contribution in [-0.2, 0) is 6.54 Å². The fourth-order valence-electron chi connectivity index (χ4n) is 2.76. The summed E-state index contributed by atoms with van der Waals surface area (Å²) < 4.78 is 15.8. The third kappa shape index (κ3) is 3.96. The van der Waals surface area contributed by atoms with E-state index in [1.54, 1.807) is 36.7 Å². The molecule has 0 bridgehead atoms. The van der Waals surface area contributed by atoms with Crippen molar-refractivity contribution in [3.8, 4) is 22.8 Å². The first-order chi connectivity index (χ1) is 13.5. The number of hydrogen-bond acceptors (Lipinski definition) is 7. The summed E-state index contributed by atoms with van der Waals surface area (Å²) in [6.45, 7) is 1.79. The minimum absolute atomic E-state index is 0.0912. The number of nitrogens with one attached hydrogen (secondary N) is 1. The van der Waals surface area contributed by atoms with Crippen molar-refractivity contribution in [2.24, 2.45) is 0 Å². The summed E-state index contributed by atoms with van der Waals surface area (Å²) >= 11 is 0. The number of carbonyl (C=O) groups excluding carboxylic acids is 1. The van der Waals surface area contributed by atoms with Crippen LogP contribution in [0.5, 0.6) is 11.5 Å². The largest absolute Gasteiger partial charge is 0.493 e. The summed E-state index contributed by atoms with van der Waals surface area (Å²) in [6.07, 6.45) is 2.32. The number of benzene rings is 1. The smallest absolute Gasteiger partial charge is 0.257 e. The van der Waals surface area contributed by atoms with Crippen LogP contribution in [0.25, 0.3) is 11.3 Å². The van der Waals surface area contributed by atoms with Gasteiger partial charge in [0.25, 0.3) is 5.91 Å². The zero-order valence-corrected chi connectivity index (χ0v) is 15.8. The third-order valence-corrected chi connectivity index (χ3v) is 4.16. The number of aliphatic hydroxyl groups excluding tert-OH is 1. The molecule has 0 aliphatic rings. The molecule has 1 unspecified atom stereocenters. The molecule has 0 saturated carbocycles. The highest BCUT2D eigenvalue weighted by Crippen LogP contribution is 2.35. The van der Waals surface area contributed by atoms with Crippen LogP contribution >= 0.6 is 0 Å². The Morgan fingerprint density at radius 1 is 1.25 bits per heavy atom. The van der Waals surface area contributed by atoms with Crippen molar-refractivity contribution >= 4 is 5.91 Å². The van der Waals surface area contributed by atoms with E-state index in [0.717, 1.165) is 5.56 Å². The second-order valence-corrected chi connectivity index (χ2v) is 6.06. The van der Waals surface area contributed by atoms with Crippen molar-refractivity contribution in [2.45, 2.75) is 19.6 Å². The minimum atomic E-state index is -1.000. The first kappa shape index (κ1) is 19.4. The number of ether oxygens (including phenoxy) is 2. The molecular formula is C20H21N3O5. The Kier molecular flexibility index (Phi) is 5.90. The molecule has 2 aromatic heterocycles. The normalized spacial score (nSPS) is 11.7. The predicted octanol–water partition coefficient (Wildman–Crippen LogP) is 2.74. The number of pyridine rings is 1. The first-order valence-corrected chi connectivity index (χ1v) is 8.62. The van der Waals surface area contributed by atoms with E-state index >= 15 is 0 Å². The van der Waals surface area contributed by atoms with Gasteiger partial charge in [-0.25, -0.2) is 0 Å². The quantitative estimate of drug-likeness (QED) is 0.646. The number of methoxy groups -OCH3 is 2. The summed E-state index contributed by atoms with van der Waals surface area (Å²) in [6, 6.07) is 8.79. The zero-order chi connectivity index (χ0) is 20.1. The minimum Gasteiger partial charge on any atom is -0.493 e. The Bertz CT molecular complexity index is 954. The highest BCUT2D eigenvalue weighted by atomic mass is 16.5. The van der Waals surface area contributed by atoms with Crippen LogP contribution in [0.3, 0.4) is 0 Å². The van der Waals surface area contributed by atoms with Gasteiger partial charge in [-0.2, -0.15) is 0 Å². The number of aliphatic hydroxyl groups is 1. The molecule has 0 aliphatic carbocycles. The summed E-state index contributed by atoms with van der Waals surface area (Å²) in [5.74, 6) is 0.718. The maximum absolute atomic E-state index is 12.9. The van der Waals surface area contributed by atoms with Gasteiger partial charge in [0.05, 0.1) is 14.2 Å². The fourth-order valence-corrected chi connectivity index (χ4v) is 2.76. The van der Waals surface area contributed by atoms with Crippen molar-refractivity contribution in [3.05, 3.63) is 59.6 Å². The average molecular weight is 383 g/mol. The maximum atomic E-state index is 12.9. The molecule has 8 nitrogen and oxygen atoms in total. The van der Waals surface area contributed by atoms with Crippen LogP contribution in [0, 0.1) is 0 Å². The Morgan fingerprint density at radius 2 is 2.04 bits per heavy atom. The molecule has 0 aliphatic heterocycles. The average Bonchev–Trinajstić information content (AvgIpc) is 3.17. The van der Waals surface area contributed by atoms with Gasteiger partial charge in [-0.15, -0.1) is 0 Å². The van der Waals surface area contributed by atoms with E-state index in [9.17, 15) is 9.90 Å². The van der Waals surface area contributed by atoms with E-state index in [1.165, 1.54) is 21.1 Å². The second-order valence-electron chi connectivity index (χ2n) is 6.06. The number of aromatic nitrogens is 2. The van der Waals surface area contributed by atoms with Crippen LogP contribution in [0.15, 0.2) is 47.2 Å². The van der Waals surface area contributed by atoms with Gasteiger partial charge < -0.3 is 24.4 Å². The molecular weight excluding hydrogens is 362 g/mol. The van der Waals surface area contributed by atoms with Crippen LogP contribution < -0.4 is 14.8 Å². The van der Waals surface area contributed by atoms with Crippen molar-refractivity contribution in [1.82, 2.24) is 15.5 Å². The molecule has 1 aromatic carbocycles. The lowest BCUT2D eigenvalue weighted by atomic mass is 10.0. The Hall–Kier alpha value is -3.39. The standard InChI is InChI=1S/C20H21N3O5/c1-12(24)19-17(20(25)22-11-13-5-4-8-21-10-13)18(23-28-19)14-6-7-15(26-2)16(9-14)27-3/h4-10,12,24H,11H2,1-3H3,(H,22,25). The van der Waals surface area contributed by atoms with E-state index < -0.39 is 12.0 Å². The van der Waals surface area contributed by atoms with Crippen LogP contribution in [0.2, 0.25) is 0 Å². The van der Waals surface area contributed by atoms with Gasteiger partial charge in [0.2, 0.25) is 0 Å². The van der Waals surface area contributed by atoms with Gasteiger partial charge in [-0.1, -0.05) is 11.2 Å². The van der Waals surface area contributed by atoms with Crippen molar-refractivity contribution in [3.63, 3.8) is 0 Å². The van der Waals surface area contributed by atoms with Crippen LogP contribution in [-0.4, -0.2) is 35.4 Å². The molecule has 1 amide bonds. The monoisotopic (exact) mass is 383 g/mol. The molecule has 146 valence electrons. The number of amides is 1. The predicted molar refractivity (Wildman–Crippen MR) is 101 cm³/mol. The molecule has 2 heterocycles. The van der Waals surface area contributed by atoms with Gasteiger partial charge in [0.15, 0.2) is 17.3 Å². The summed E-state index contributed by atoms with van der Waals surface area (Å²) in [5.41, 5.74) is 1.92. The van der Waals surface area contributed by atoms with E-state index in [2.05, 4.69) is 15.5 Å². The SMILES string of the molecule is COc1ccc(-c2noc(C(C)O)c2C(=O)NCc2cccnc2)cc1OC. The Labute approximate surface area is 162 Å². The zero-order valence-electron chi connectivity index (χ0n) is 15.8. The number of hydrogen-bond donors (Lipinski definition) is 2. The lowest BCUT2D eigenvalue weighted by molar-refractivity contribution is 0.0938. The number of nitrogens with zero attached hydrogens (tertiary/aromatic N) is 2. The van der Waals surface area contributed by atoms with Crippen molar-refractivity contribution < 1.29 is 23.9 Å². The molecule has 3 rings (SSSR count). The van der Waals surface area contributed by atoms with Crippen LogP contribution in [0.1, 0.15) is 34.7 Å². The summed E-state index contributed by atoms with van der Waals surface area (Å²) in [4.78, 5) is 16.9. The third-order valence-electron chi connectivity index (χ3n) is 4.16. The highest BCUT2D eigenvalue weighted by Gasteiger charge is 2.27. The van der Waals surface area contributed by atoms with Gasteiger partial charge in [0.1, 0.15) is 17.4 Å². The fraction of sp³-hybridized carbons (Fsp3) is 0.250. The summed E-state index contributed by atoms with van der Waals surface area (Å²) in [5, 5.41) is 16.8. The molecule has 2 N–H and O–H groups in total. The van der Waals surface area contributed by atoms with Crippen molar-refractivity contribution in [1.29, 1.82) is 0 Å². The van der Waals surface area contributed by atoms with Gasteiger partial charge in [0, 0.05) is 24.5 Å². The van der Waals surface area contributed by atoms with E-state index in [-0.39, 0.29) is 17.9 Å². The molecule has 0 fully saturated rings. The number of rotatable bonds is 7. The lowest BCUT2D eigenvalue weighted by Crippen LogP contribution is -2.24. The molecule has 0 saturated heterocycles. The van der Waals surface area contributed by atoms with Gasteiger partial charge >= 0.3 is 0 Å². The topological polar surface area (TPSA) is 107 Å². The van der Waals surface area contributed by atoms with Gasteiger partial charge in [-0.3, -0.25) is 9.78 Å². The van der Waals surface area contributed by atoms with E-state index in [0.29, 0.717) is 22.8 Å².